The second-order valence-electron chi connectivity index (χ2n) is 8.53. The Morgan fingerprint density at radius 1 is 1.03 bits per heavy atom. The highest BCUT2D eigenvalue weighted by Gasteiger charge is 2.33. The number of thioether (sulfide) groups is 1. The molecule has 0 bridgehead atoms. The van der Waals surface area contributed by atoms with Crippen LogP contribution in [0.5, 0.6) is 0 Å². The molecule has 2 aliphatic rings. The maximum absolute atomic E-state index is 12.3. The number of alkyl carbamates (subject to hydrolysis) is 1. The maximum Gasteiger partial charge on any atom is 0.407 e. The number of aliphatic hydroxyl groups is 1. The molecule has 180 valence electrons. The van der Waals surface area contributed by atoms with Crippen LogP contribution in [0.3, 0.4) is 0 Å². The van der Waals surface area contributed by atoms with Crippen molar-refractivity contribution in [2.24, 2.45) is 5.92 Å². The molecule has 4 rings (SSSR count). The number of piperidine rings is 1. The Hall–Kier alpha value is -3.04. The van der Waals surface area contributed by atoms with Crippen molar-refractivity contribution in [1.82, 2.24) is 10.2 Å². The molecule has 2 aromatic rings. The van der Waals surface area contributed by atoms with Crippen molar-refractivity contribution >= 4 is 29.7 Å². The van der Waals surface area contributed by atoms with Gasteiger partial charge in [-0.3, -0.25) is 9.59 Å². The summed E-state index contributed by atoms with van der Waals surface area (Å²) in [4.78, 5) is 37.1. The van der Waals surface area contributed by atoms with Crippen LogP contribution in [0.2, 0.25) is 0 Å². The first-order chi connectivity index (χ1) is 16.4. The van der Waals surface area contributed by atoms with Gasteiger partial charge in [0.25, 0.3) is 0 Å². The first kappa shape index (κ1) is 24.1. The molecule has 1 aliphatic carbocycles. The lowest BCUT2D eigenvalue weighted by molar-refractivity contribution is -0.148. The Morgan fingerprint density at radius 2 is 1.68 bits per heavy atom. The molecule has 2 aromatic carbocycles. The lowest BCUT2D eigenvalue weighted by atomic mass is 9.96. The number of aliphatic hydroxyl groups excluding tert-OH is 1. The number of nitrogens with one attached hydrogen (secondary N) is 1. The lowest BCUT2D eigenvalue weighted by Crippen LogP contribution is -2.48. The molecule has 9 heteroatoms. The summed E-state index contributed by atoms with van der Waals surface area (Å²) in [5, 5.41) is 21.7. The van der Waals surface area contributed by atoms with Crippen LogP contribution in [0.25, 0.3) is 11.1 Å². The number of amides is 2. The monoisotopic (exact) mass is 484 g/mol. The van der Waals surface area contributed by atoms with Crippen molar-refractivity contribution in [2.75, 3.05) is 37.7 Å². The standard InChI is InChI=1S/C25H28N2O6S/c28-17-11-16(24(30)31)12-27(13-17)23(29)15-34-10-9-26-25(32)33-14-22-20-7-3-1-5-18(20)19-6-2-4-8-21(19)22/h1-8,16-17,22,28H,9-15H2,(H,26,32)(H,30,31). The van der Waals surface area contributed by atoms with Crippen LogP contribution in [-0.2, 0) is 14.3 Å². The average Bonchev–Trinajstić information content (AvgIpc) is 3.15. The van der Waals surface area contributed by atoms with Gasteiger partial charge < -0.3 is 25.2 Å². The minimum absolute atomic E-state index is 0.000307. The van der Waals surface area contributed by atoms with Gasteiger partial charge in [-0.15, -0.1) is 0 Å². The Labute approximate surface area is 202 Å². The molecule has 0 radical (unpaired) electrons. The zero-order valence-corrected chi connectivity index (χ0v) is 19.5. The van der Waals surface area contributed by atoms with E-state index >= 15 is 0 Å². The van der Waals surface area contributed by atoms with Gasteiger partial charge in [0.2, 0.25) is 5.91 Å². The van der Waals surface area contributed by atoms with Gasteiger partial charge in [0.1, 0.15) is 6.61 Å². The number of fused-ring (bicyclic) bond motifs is 3. The molecule has 0 aromatic heterocycles. The van der Waals surface area contributed by atoms with E-state index in [1.807, 2.05) is 24.3 Å². The highest BCUT2D eigenvalue weighted by Crippen LogP contribution is 2.44. The van der Waals surface area contributed by atoms with Crippen LogP contribution in [0, 0.1) is 5.92 Å². The molecule has 1 aliphatic heterocycles. The zero-order valence-electron chi connectivity index (χ0n) is 18.7. The number of carbonyl (C=O) groups excluding carboxylic acids is 2. The van der Waals surface area contributed by atoms with Crippen molar-refractivity contribution in [2.45, 2.75) is 18.4 Å². The first-order valence-corrected chi connectivity index (χ1v) is 12.4. The fourth-order valence-corrected chi connectivity index (χ4v) is 5.33. The van der Waals surface area contributed by atoms with Gasteiger partial charge in [0.15, 0.2) is 0 Å². The minimum atomic E-state index is -1.00. The molecule has 2 atom stereocenters. The summed E-state index contributed by atoms with van der Waals surface area (Å²) in [5.41, 5.74) is 4.64. The summed E-state index contributed by atoms with van der Waals surface area (Å²) in [6, 6.07) is 16.3. The lowest BCUT2D eigenvalue weighted by Gasteiger charge is -2.33. The second-order valence-corrected chi connectivity index (χ2v) is 9.63. The number of hydrogen-bond donors (Lipinski definition) is 3. The van der Waals surface area contributed by atoms with E-state index in [1.54, 1.807) is 0 Å². The summed E-state index contributed by atoms with van der Waals surface area (Å²) >= 11 is 1.34. The molecule has 34 heavy (non-hydrogen) atoms. The summed E-state index contributed by atoms with van der Waals surface area (Å²) in [6.45, 7) is 0.855. The molecule has 3 N–H and O–H groups in total. The molecule has 0 spiro atoms. The van der Waals surface area contributed by atoms with E-state index in [2.05, 4.69) is 29.6 Å². The third kappa shape index (κ3) is 5.53. The van der Waals surface area contributed by atoms with E-state index in [-0.39, 0.29) is 43.7 Å². The number of hydrogen-bond acceptors (Lipinski definition) is 6. The van der Waals surface area contributed by atoms with Crippen LogP contribution < -0.4 is 5.32 Å². The number of rotatable bonds is 8. The molecule has 8 nitrogen and oxygen atoms in total. The minimum Gasteiger partial charge on any atom is -0.481 e. The van der Waals surface area contributed by atoms with Crippen LogP contribution in [-0.4, -0.2) is 76.9 Å². The van der Waals surface area contributed by atoms with Crippen molar-refractivity contribution in [3.8, 4) is 11.1 Å². The van der Waals surface area contributed by atoms with E-state index in [9.17, 15) is 19.5 Å². The van der Waals surface area contributed by atoms with E-state index in [4.69, 9.17) is 9.84 Å². The summed E-state index contributed by atoms with van der Waals surface area (Å²) in [5.74, 6) is -1.29. The SMILES string of the molecule is O=C(NCCSCC(=O)N1CC(O)CC(C(=O)O)C1)OCC1c2ccccc2-c2ccccc21. The van der Waals surface area contributed by atoms with Gasteiger partial charge in [-0.2, -0.15) is 11.8 Å². The molecular weight excluding hydrogens is 456 g/mol. The molecule has 0 saturated carbocycles. The van der Waals surface area contributed by atoms with Crippen LogP contribution >= 0.6 is 11.8 Å². The van der Waals surface area contributed by atoms with Gasteiger partial charge in [0.05, 0.1) is 17.8 Å². The Morgan fingerprint density at radius 3 is 2.32 bits per heavy atom. The number of carboxylic acid groups (broad SMARTS) is 1. The average molecular weight is 485 g/mol. The fourth-order valence-electron chi connectivity index (χ4n) is 4.58. The molecule has 1 saturated heterocycles. The zero-order chi connectivity index (χ0) is 24.1. The predicted octanol–water partition coefficient (Wildman–Crippen LogP) is 2.55. The largest absolute Gasteiger partial charge is 0.481 e. The highest BCUT2D eigenvalue weighted by molar-refractivity contribution is 7.99. The highest BCUT2D eigenvalue weighted by atomic mass is 32.2. The maximum atomic E-state index is 12.3. The Balaban J connectivity index is 1.17. The molecule has 1 fully saturated rings. The third-order valence-electron chi connectivity index (χ3n) is 6.22. The molecule has 2 amide bonds. The van der Waals surface area contributed by atoms with Crippen LogP contribution in [0.15, 0.2) is 48.5 Å². The summed E-state index contributed by atoms with van der Waals surface area (Å²) in [7, 11) is 0. The van der Waals surface area contributed by atoms with Crippen LogP contribution in [0.4, 0.5) is 4.79 Å². The van der Waals surface area contributed by atoms with Crippen molar-refractivity contribution in [3.05, 3.63) is 59.7 Å². The van der Waals surface area contributed by atoms with Crippen molar-refractivity contribution in [1.29, 1.82) is 0 Å². The summed E-state index contributed by atoms with van der Waals surface area (Å²) < 4.78 is 5.49. The van der Waals surface area contributed by atoms with E-state index in [0.29, 0.717) is 12.3 Å². The van der Waals surface area contributed by atoms with Crippen LogP contribution in [0.1, 0.15) is 23.5 Å². The third-order valence-corrected chi connectivity index (χ3v) is 7.16. The molecule has 1 heterocycles. The van der Waals surface area contributed by atoms with Gasteiger partial charge >= 0.3 is 12.1 Å². The number of β-amino-alcohol motifs (C(OH)–C–C–N with tert-alkyl or cyclic N) is 1. The van der Waals surface area contributed by atoms with Gasteiger partial charge in [-0.25, -0.2) is 4.79 Å². The van der Waals surface area contributed by atoms with Gasteiger partial charge in [-0.1, -0.05) is 48.5 Å². The molecular formula is C25H28N2O6S. The number of carbonyl (C=O) groups is 3. The van der Waals surface area contributed by atoms with Gasteiger partial charge in [-0.05, 0) is 28.7 Å². The number of nitrogens with zero attached hydrogens (tertiary/aromatic N) is 1. The van der Waals surface area contributed by atoms with Crippen molar-refractivity contribution in [3.63, 3.8) is 0 Å². The fraction of sp³-hybridized carbons (Fsp3) is 0.400. The number of ether oxygens (including phenoxy) is 1. The van der Waals surface area contributed by atoms with Crippen molar-refractivity contribution < 1.29 is 29.3 Å². The molecule has 2 unspecified atom stereocenters. The first-order valence-electron chi connectivity index (χ1n) is 11.3. The summed E-state index contributed by atoms with van der Waals surface area (Å²) in [6.07, 6.45) is -1.16. The normalized spacial score (nSPS) is 19.3. The number of likely N-dealkylation sites (tertiary alicyclic amines) is 1. The smallest absolute Gasteiger partial charge is 0.407 e. The number of carboxylic acids is 1. The van der Waals surface area contributed by atoms with E-state index in [0.717, 1.165) is 11.1 Å². The Bertz CT molecular complexity index is 1020. The number of benzene rings is 2. The predicted molar refractivity (Wildman–Crippen MR) is 129 cm³/mol. The Kier molecular flexibility index (Phi) is 7.74. The quantitative estimate of drug-likeness (QED) is 0.493. The second kappa shape index (κ2) is 10.9. The van der Waals surface area contributed by atoms with E-state index < -0.39 is 24.1 Å². The number of aliphatic carboxylic acids is 1. The van der Waals surface area contributed by atoms with E-state index in [1.165, 1.54) is 27.8 Å². The topological polar surface area (TPSA) is 116 Å². The van der Waals surface area contributed by atoms with Gasteiger partial charge in [0, 0.05) is 31.3 Å².